The Morgan fingerprint density at radius 3 is 2.72 bits per heavy atom. The zero-order valence-corrected chi connectivity index (χ0v) is 11.2. The number of carboxylic acid groups (broad SMARTS) is 1. The van der Waals surface area contributed by atoms with Crippen molar-refractivity contribution >= 4 is 27.1 Å². The van der Waals surface area contributed by atoms with Gasteiger partial charge >= 0.3 is 5.97 Å². The van der Waals surface area contributed by atoms with Gasteiger partial charge in [0.1, 0.15) is 0 Å². The average Bonchev–Trinajstić information content (AvgIpc) is 2.78. The van der Waals surface area contributed by atoms with E-state index in [1.165, 1.54) is 5.38 Å². The average molecular weight is 291 g/mol. The van der Waals surface area contributed by atoms with Crippen molar-refractivity contribution in [3.63, 3.8) is 0 Å². The Kier molecular flexibility index (Phi) is 3.98. The van der Waals surface area contributed by atoms with E-state index in [1.54, 1.807) is 0 Å². The molecule has 1 N–H and O–H groups in total. The Labute approximate surface area is 109 Å². The first-order chi connectivity index (χ1) is 8.49. The van der Waals surface area contributed by atoms with Gasteiger partial charge in [-0.2, -0.15) is 0 Å². The summed E-state index contributed by atoms with van der Waals surface area (Å²) in [5.74, 6) is -1.32. The molecule has 1 aromatic rings. The van der Waals surface area contributed by atoms with E-state index in [0.717, 1.165) is 11.3 Å². The number of carbonyl (C=O) groups is 1. The topological polar surface area (TPSA) is 93.6 Å². The van der Waals surface area contributed by atoms with Crippen LogP contribution in [-0.4, -0.2) is 42.9 Å². The molecule has 0 atom stereocenters. The maximum absolute atomic E-state index is 12.1. The van der Waals surface area contributed by atoms with Crippen LogP contribution in [0.15, 0.2) is 5.38 Å². The first kappa shape index (κ1) is 13.4. The summed E-state index contributed by atoms with van der Waals surface area (Å²) in [5, 5.41) is 9.74. The fourth-order valence-electron chi connectivity index (χ4n) is 1.83. The number of nitrogens with zero attached hydrogens (tertiary/aromatic N) is 1. The van der Waals surface area contributed by atoms with Gasteiger partial charge in [0, 0.05) is 18.6 Å². The van der Waals surface area contributed by atoms with Gasteiger partial charge in [-0.1, -0.05) is 0 Å². The minimum Gasteiger partial charge on any atom is -0.476 e. The fraction of sp³-hybridized carbons (Fsp3) is 0.600. The maximum Gasteiger partial charge on any atom is 0.365 e. The molecule has 6 nitrogen and oxygen atoms in total. The van der Waals surface area contributed by atoms with Crippen LogP contribution in [0.4, 0.5) is 0 Å². The van der Waals surface area contributed by atoms with E-state index < -0.39 is 21.1 Å². The Balaban J connectivity index is 2.08. The van der Waals surface area contributed by atoms with Crippen LogP contribution in [0.3, 0.4) is 0 Å². The van der Waals surface area contributed by atoms with Crippen LogP contribution in [0, 0.1) is 0 Å². The molecule has 1 aromatic heterocycles. The van der Waals surface area contributed by atoms with Gasteiger partial charge < -0.3 is 9.84 Å². The van der Waals surface area contributed by atoms with E-state index in [1.807, 2.05) is 0 Å². The highest BCUT2D eigenvalue weighted by molar-refractivity contribution is 7.91. The molecule has 0 spiro atoms. The molecular formula is C10H13NO5S2. The molecule has 1 saturated heterocycles. The zero-order chi connectivity index (χ0) is 13.2. The summed E-state index contributed by atoms with van der Waals surface area (Å²) in [6, 6.07) is 0. The predicted molar refractivity (Wildman–Crippen MR) is 65.5 cm³/mol. The summed E-state index contributed by atoms with van der Waals surface area (Å²) in [4.78, 5) is 14.5. The Hall–Kier alpha value is -0.990. The quantitative estimate of drug-likeness (QED) is 0.887. The van der Waals surface area contributed by atoms with Crippen molar-refractivity contribution in [1.29, 1.82) is 0 Å². The van der Waals surface area contributed by atoms with Crippen LogP contribution in [0.1, 0.15) is 28.3 Å². The number of hydrogen-bond donors (Lipinski definition) is 1. The standard InChI is InChI=1S/C10H13NO5S2/c12-10(13)9-11-7(5-17-9)6-18(14,15)8-1-3-16-4-2-8/h5,8H,1-4,6H2,(H,12,13). The van der Waals surface area contributed by atoms with Crippen LogP contribution in [0.25, 0.3) is 0 Å². The Morgan fingerprint density at radius 2 is 2.17 bits per heavy atom. The van der Waals surface area contributed by atoms with Gasteiger partial charge in [-0.15, -0.1) is 11.3 Å². The SMILES string of the molecule is O=C(O)c1nc(CS(=O)(=O)C2CCOCC2)cs1. The Bertz CT molecular complexity index is 530. The second kappa shape index (κ2) is 5.33. The van der Waals surface area contributed by atoms with Crippen LogP contribution in [-0.2, 0) is 20.3 Å². The van der Waals surface area contributed by atoms with Crippen LogP contribution >= 0.6 is 11.3 Å². The molecule has 0 amide bonds. The molecule has 0 aliphatic carbocycles. The monoisotopic (exact) mass is 291 g/mol. The number of sulfone groups is 1. The van der Waals surface area contributed by atoms with Gasteiger partial charge in [0.15, 0.2) is 9.84 Å². The molecule has 1 aliphatic heterocycles. The van der Waals surface area contributed by atoms with E-state index in [-0.39, 0.29) is 10.8 Å². The third kappa shape index (κ3) is 3.06. The normalized spacial score (nSPS) is 17.8. The first-order valence-electron chi connectivity index (χ1n) is 5.46. The molecule has 1 aliphatic rings. The highest BCUT2D eigenvalue weighted by atomic mass is 32.2. The van der Waals surface area contributed by atoms with Crippen molar-refractivity contribution < 1.29 is 23.1 Å². The Morgan fingerprint density at radius 1 is 1.50 bits per heavy atom. The summed E-state index contributed by atoms with van der Waals surface area (Å²) >= 11 is 0.945. The van der Waals surface area contributed by atoms with Gasteiger partial charge in [0.2, 0.25) is 5.01 Å². The lowest BCUT2D eigenvalue weighted by molar-refractivity contribution is 0.0696. The van der Waals surface area contributed by atoms with Gasteiger partial charge in [0.25, 0.3) is 0 Å². The lowest BCUT2D eigenvalue weighted by Crippen LogP contribution is -2.29. The highest BCUT2D eigenvalue weighted by Gasteiger charge is 2.28. The van der Waals surface area contributed by atoms with E-state index in [9.17, 15) is 13.2 Å². The summed E-state index contributed by atoms with van der Waals surface area (Å²) < 4.78 is 29.3. The number of ether oxygens (including phenoxy) is 1. The van der Waals surface area contributed by atoms with Crippen LogP contribution < -0.4 is 0 Å². The minimum absolute atomic E-state index is 0.0767. The molecule has 0 bridgehead atoms. The number of rotatable bonds is 4. The molecule has 100 valence electrons. The minimum atomic E-state index is -3.28. The second-order valence-electron chi connectivity index (χ2n) is 4.07. The molecule has 0 unspecified atom stereocenters. The van der Waals surface area contributed by atoms with Crippen LogP contribution in [0.5, 0.6) is 0 Å². The van der Waals surface area contributed by atoms with Crippen molar-refractivity contribution in [3.05, 3.63) is 16.1 Å². The molecular weight excluding hydrogens is 278 g/mol. The third-order valence-corrected chi connectivity index (χ3v) is 5.82. The molecule has 8 heteroatoms. The first-order valence-corrected chi connectivity index (χ1v) is 8.05. The maximum atomic E-state index is 12.1. The van der Waals surface area contributed by atoms with Gasteiger partial charge in [-0.25, -0.2) is 18.2 Å². The molecule has 0 aromatic carbocycles. The van der Waals surface area contributed by atoms with Crippen molar-refractivity contribution in [2.75, 3.05) is 13.2 Å². The lowest BCUT2D eigenvalue weighted by Gasteiger charge is -2.21. The van der Waals surface area contributed by atoms with Crippen LogP contribution in [0.2, 0.25) is 0 Å². The zero-order valence-electron chi connectivity index (χ0n) is 9.53. The highest BCUT2D eigenvalue weighted by Crippen LogP contribution is 2.21. The summed E-state index contributed by atoms with van der Waals surface area (Å²) in [6.07, 6.45) is 0.997. The van der Waals surface area contributed by atoms with E-state index >= 15 is 0 Å². The predicted octanol–water partition coefficient (Wildman–Crippen LogP) is 0.935. The van der Waals surface area contributed by atoms with Crippen molar-refractivity contribution in [2.24, 2.45) is 0 Å². The van der Waals surface area contributed by atoms with E-state index in [4.69, 9.17) is 9.84 Å². The molecule has 18 heavy (non-hydrogen) atoms. The number of carboxylic acids is 1. The van der Waals surface area contributed by atoms with E-state index in [0.29, 0.717) is 31.7 Å². The fourth-order valence-corrected chi connectivity index (χ4v) is 4.30. The number of aromatic carboxylic acids is 1. The van der Waals surface area contributed by atoms with Gasteiger partial charge in [-0.3, -0.25) is 0 Å². The molecule has 0 saturated carbocycles. The second-order valence-corrected chi connectivity index (χ2v) is 7.21. The number of hydrogen-bond acceptors (Lipinski definition) is 6. The largest absolute Gasteiger partial charge is 0.476 e. The smallest absolute Gasteiger partial charge is 0.365 e. The van der Waals surface area contributed by atoms with Gasteiger partial charge in [0.05, 0.1) is 16.7 Å². The molecule has 2 heterocycles. The third-order valence-electron chi connectivity index (χ3n) is 2.76. The van der Waals surface area contributed by atoms with Gasteiger partial charge in [-0.05, 0) is 12.8 Å². The molecule has 2 rings (SSSR count). The van der Waals surface area contributed by atoms with E-state index in [2.05, 4.69) is 4.98 Å². The summed E-state index contributed by atoms with van der Waals surface area (Å²) in [5.41, 5.74) is 0.309. The summed E-state index contributed by atoms with van der Waals surface area (Å²) in [6.45, 7) is 0.919. The number of thiazole rings is 1. The van der Waals surface area contributed by atoms with Crippen molar-refractivity contribution in [3.8, 4) is 0 Å². The lowest BCUT2D eigenvalue weighted by atomic mass is 10.2. The summed E-state index contributed by atoms with van der Waals surface area (Å²) in [7, 11) is -3.28. The van der Waals surface area contributed by atoms with Crippen molar-refractivity contribution in [1.82, 2.24) is 4.98 Å². The van der Waals surface area contributed by atoms with Crippen molar-refractivity contribution in [2.45, 2.75) is 23.8 Å². The molecule has 0 radical (unpaired) electrons. The molecule has 1 fully saturated rings. The number of aromatic nitrogens is 1.